The highest BCUT2D eigenvalue weighted by Crippen LogP contribution is 2.21. The van der Waals surface area contributed by atoms with Crippen molar-refractivity contribution in [2.45, 2.75) is 514 Å². The van der Waals surface area contributed by atoms with E-state index in [0.717, 1.165) is 44.9 Å². The molecule has 0 aromatic heterocycles. The van der Waals surface area contributed by atoms with Crippen LogP contribution in [0.4, 0.5) is 0 Å². The molecule has 0 aliphatic heterocycles. The molecule has 1 amide bonds. The summed E-state index contributed by atoms with van der Waals surface area (Å²) in [6, 6.07) is -0.541. The molecule has 0 spiro atoms. The SMILES string of the molecule is CCCCCCCCCCCCCCCCCCCCCCCCC(O)C(CO)NC(=O)CCCCCCCCCCCCCCCCCCC/C=C\C/C=C\CCCCCCCCCCCCCCCOC(=O)CCCCCCCCCCCCCCCCCCCC. The molecule has 3 N–H and O–H groups in total. The van der Waals surface area contributed by atoms with E-state index < -0.39 is 12.1 Å². The Morgan fingerprint density at radius 3 is 0.809 bits per heavy atom. The molecule has 558 valence electrons. The molecule has 0 aliphatic rings. The van der Waals surface area contributed by atoms with Crippen LogP contribution in [0, 0.1) is 0 Å². The summed E-state index contributed by atoms with van der Waals surface area (Å²) < 4.78 is 5.52. The second-order valence-electron chi connectivity index (χ2n) is 30.2. The summed E-state index contributed by atoms with van der Waals surface area (Å²) in [6.45, 7) is 5.02. The van der Waals surface area contributed by atoms with Gasteiger partial charge in [-0.1, -0.05) is 456 Å². The van der Waals surface area contributed by atoms with Crippen molar-refractivity contribution in [1.29, 1.82) is 0 Å². The number of aliphatic hydroxyl groups excluding tert-OH is 2. The summed E-state index contributed by atoms with van der Waals surface area (Å²) in [4.78, 5) is 24.7. The molecule has 2 atom stereocenters. The van der Waals surface area contributed by atoms with Gasteiger partial charge in [0, 0.05) is 12.8 Å². The third kappa shape index (κ3) is 79.3. The van der Waals surface area contributed by atoms with Crippen molar-refractivity contribution in [3.8, 4) is 0 Å². The number of hydrogen-bond acceptors (Lipinski definition) is 5. The molecular weight excluding hydrogens is 1150 g/mol. The number of nitrogens with one attached hydrogen (secondary N) is 1. The maximum Gasteiger partial charge on any atom is 0.305 e. The van der Waals surface area contributed by atoms with E-state index in [-0.39, 0.29) is 18.5 Å². The number of rotatable bonds is 83. The molecule has 2 unspecified atom stereocenters. The second-order valence-corrected chi connectivity index (χ2v) is 30.2. The highest BCUT2D eigenvalue weighted by molar-refractivity contribution is 5.76. The van der Waals surface area contributed by atoms with E-state index in [9.17, 15) is 19.8 Å². The monoisotopic (exact) mass is 1320 g/mol. The predicted octanol–water partition coefficient (Wildman–Crippen LogP) is 29.2. The van der Waals surface area contributed by atoms with Crippen molar-refractivity contribution in [2.24, 2.45) is 0 Å². The first-order valence-corrected chi connectivity index (χ1v) is 43.6. The van der Waals surface area contributed by atoms with Crippen molar-refractivity contribution in [3.63, 3.8) is 0 Å². The Bertz CT molecular complexity index is 1480. The number of carbonyl (C=O) groups is 2. The minimum absolute atomic E-state index is 0.0245. The number of unbranched alkanes of at least 4 members (excludes halogenated alkanes) is 68. The Morgan fingerprint density at radius 2 is 0.532 bits per heavy atom. The molecule has 0 aliphatic carbocycles. The van der Waals surface area contributed by atoms with E-state index in [0.29, 0.717) is 25.9 Å². The van der Waals surface area contributed by atoms with Crippen LogP contribution in [0.1, 0.15) is 502 Å². The fourth-order valence-corrected chi connectivity index (χ4v) is 14.1. The van der Waals surface area contributed by atoms with Crippen LogP contribution in [0.25, 0.3) is 0 Å². The number of ether oxygens (including phenoxy) is 1. The van der Waals surface area contributed by atoms with Crippen molar-refractivity contribution in [1.82, 2.24) is 5.32 Å². The highest BCUT2D eigenvalue weighted by atomic mass is 16.5. The van der Waals surface area contributed by atoms with Crippen LogP contribution in [0.5, 0.6) is 0 Å². The Labute approximate surface area is 590 Å². The first-order valence-electron chi connectivity index (χ1n) is 43.6. The van der Waals surface area contributed by atoms with Crippen molar-refractivity contribution in [3.05, 3.63) is 24.3 Å². The fraction of sp³-hybridized carbons (Fsp3) is 0.932. The van der Waals surface area contributed by atoms with Crippen LogP contribution in [-0.4, -0.2) is 47.4 Å². The van der Waals surface area contributed by atoms with E-state index >= 15 is 0 Å². The van der Waals surface area contributed by atoms with Crippen LogP contribution in [-0.2, 0) is 14.3 Å². The number of amides is 1. The van der Waals surface area contributed by atoms with Crippen LogP contribution >= 0.6 is 0 Å². The largest absolute Gasteiger partial charge is 0.466 e. The number of hydrogen-bond donors (Lipinski definition) is 3. The molecule has 0 heterocycles. The molecule has 6 nitrogen and oxygen atoms in total. The van der Waals surface area contributed by atoms with E-state index in [1.54, 1.807) is 0 Å². The van der Waals surface area contributed by atoms with Gasteiger partial charge in [-0.3, -0.25) is 9.59 Å². The summed E-state index contributed by atoms with van der Waals surface area (Å²) >= 11 is 0. The van der Waals surface area contributed by atoms with Gasteiger partial charge < -0.3 is 20.3 Å². The first-order chi connectivity index (χ1) is 46.5. The van der Waals surface area contributed by atoms with Gasteiger partial charge in [0.15, 0.2) is 0 Å². The summed E-state index contributed by atoms with van der Waals surface area (Å²) in [5, 5.41) is 23.5. The normalized spacial score (nSPS) is 12.5. The van der Waals surface area contributed by atoms with Gasteiger partial charge in [-0.05, 0) is 57.8 Å². The van der Waals surface area contributed by atoms with Gasteiger partial charge in [0.1, 0.15) is 0 Å². The molecule has 94 heavy (non-hydrogen) atoms. The van der Waals surface area contributed by atoms with Gasteiger partial charge in [-0.2, -0.15) is 0 Å². The molecule has 0 saturated heterocycles. The topological polar surface area (TPSA) is 95.9 Å². The lowest BCUT2D eigenvalue weighted by atomic mass is 10.0. The quantitative estimate of drug-likeness (QED) is 0.0320. The Hall–Kier alpha value is -1.66. The smallest absolute Gasteiger partial charge is 0.305 e. The minimum atomic E-state index is -0.664. The maximum absolute atomic E-state index is 12.6. The van der Waals surface area contributed by atoms with Gasteiger partial charge in [-0.25, -0.2) is 0 Å². The third-order valence-corrected chi connectivity index (χ3v) is 20.8. The van der Waals surface area contributed by atoms with Crippen molar-refractivity contribution in [2.75, 3.05) is 13.2 Å². The summed E-state index contributed by atoms with van der Waals surface area (Å²) in [5.74, 6) is -0.00182. The number of carbonyl (C=O) groups excluding carboxylic acids is 2. The molecule has 0 bridgehead atoms. The lowest BCUT2D eigenvalue weighted by molar-refractivity contribution is -0.143. The zero-order chi connectivity index (χ0) is 67.7. The lowest BCUT2D eigenvalue weighted by Gasteiger charge is -2.22. The zero-order valence-electron chi connectivity index (χ0n) is 64.2. The molecular formula is C88H171NO5. The number of esters is 1. The summed E-state index contributed by atoms with van der Waals surface area (Å²) in [7, 11) is 0. The van der Waals surface area contributed by atoms with Gasteiger partial charge in [0.05, 0.1) is 25.4 Å². The van der Waals surface area contributed by atoms with Gasteiger partial charge in [0.2, 0.25) is 5.91 Å². The van der Waals surface area contributed by atoms with Gasteiger partial charge in [0.25, 0.3) is 0 Å². The molecule has 0 saturated carbocycles. The van der Waals surface area contributed by atoms with E-state index in [4.69, 9.17) is 4.74 Å². The maximum atomic E-state index is 12.6. The highest BCUT2D eigenvalue weighted by Gasteiger charge is 2.20. The molecule has 0 rings (SSSR count). The van der Waals surface area contributed by atoms with E-state index in [2.05, 4.69) is 43.5 Å². The Kier molecular flexibility index (Phi) is 82.3. The Balaban J connectivity index is 3.35. The van der Waals surface area contributed by atoms with Crippen LogP contribution in [0.3, 0.4) is 0 Å². The standard InChI is InChI=1S/C88H171NO5/c1-3-5-7-9-11-13-15-17-19-21-23-24-42-45-48-52-56-60-64-68-72-76-80-86(91)85(84-90)89-87(92)81-77-73-69-65-61-57-53-49-46-43-40-38-36-34-32-30-28-26-25-27-29-31-33-35-37-39-41-44-47-51-55-59-63-67-71-75-79-83-94-88(93)82-78-74-70-66-62-58-54-50-22-20-18-16-14-12-10-8-6-4-2/h25,27,31,33,85-86,90-91H,3-24,26,28-30,32,34-84H2,1-2H3,(H,89,92)/b27-25-,33-31-. The average Bonchev–Trinajstić information content (AvgIpc) is 3.78. The van der Waals surface area contributed by atoms with Crippen molar-refractivity contribution < 1.29 is 24.5 Å². The minimum Gasteiger partial charge on any atom is -0.466 e. The van der Waals surface area contributed by atoms with E-state index in [1.165, 1.54) is 424 Å². The third-order valence-electron chi connectivity index (χ3n) is 20.8. The Morgan fingerprint density at radius 1 is 0.298 bits per heavy atom. The molecule has 0 fully saturated rings. The number of aliphatic hydroxyl groups is 2. The van der Waals surface area contributed by atoms with Crippen molar-refractivity contribution >= 4 is 11.9 Å². The van der Waals surface area contributed by atoms with Crippen LogP contribution in [0.15, 0.2) is 24.3 Å². The molecule has 0 radical (unpaired) electrons. The molecule has 6 heteroatoms. The predicted molar refractivity (Wildman–Crippen MR) is 417 cm³/mol. The summed E-state index contributed by atoms with van der Waals surface area (Å²) in [5.41, 5.74) is 0. The molecule has 0 aromatic carbocycles. The second kappa shape index (κ2) is 83.8. The van der Waals surface area contributed by atoms with Crippen LogP contribution < -0.4 is 5.32 Å². The number of allylic oxidation sites excluding steroid dienone is 4. The zero-order valence-corrected chi connectivity index (χ0v) is 64.2. The first kappa shape index (κ1) is 92.3. The molecule has 0 aromatic rings. The lowest BCUT2D eigenvalue weighted by Crippen LogP contribution is -2.45. The van der Waals surface area contributed by atoms with Crippen LogP contribution in [0.2, 0.25) is 0 Å². The fourth-order valence-electron chi connectivity index (χ4n) is 14.1. The van der Waals surface area contributed by atoms with Gasteiger partial charge in [-0.15, -0.1) is 0 Å². The summed E-state index contributed by atoms with van der Waals surface area (Å²) in [6.07, 6.45) is 109. The average molecular weight is 1320 g/mol. The van der Waals surface area contributed by atoms with Gasteiger partial charge >= 0.3 is 5.97 Å². The van der Waals surface area contributed by atoms with E-state index in [1.807, 2.05) is 0 Å².